The molecular formula is C24H24N2O3. The fourth-order valence-corrected chi connectivity index (χ4v) is 3.60. The number of anilines is 1. The lowest BCUT2D eigenvalue weighted by atomic mass is 10.1. The van der Waals surface area contributed by atoms with Gasteiger partial charge in [-0.15, -0.1) is 0 Å². The molecule has 0 spiro atoms. The lowest BCUT2D eigenvalue weighted by molar-refractivity contribution is -0.122. The minimum absolute atomic E-state index is 0.0403. The van der Waals surface area contributed by atoms with Crippen LogP contribution in [0.1, 0.15) is 30.1 Å². The Balaban J connectivity index is 1.46. The zero-order chi connectivity index (χ0) is 20.2. The van der Waals surface area contributed by atoms with Crippen molar-refractivity contribution >= 4 is 28.3 Å². The first kappa shape index (κ1) is 19.0. The average molecular weight is 388 g/mol. The van der Waals surface area contributed by atoms with Gasteiger partial charge in [0.15, 0.2) is 6.10 Å². The third kappa shape index (κ3) is 4.24. The van der Waals surface area contributed by atoms with Crippen molar-refractivity contribution < 1.29 is 14.3 Å². The number of nitrogens with zero attached hydrogens (tertiary/aromatic N) is 1. The number of carbonyl (C=O) groups is 2. The van der Waals surface area contributed by atoms with Gasteiger partial charge in [0, 0.05) is 13.1 Å². The van der Waals surface area contributed by atoms with Crippen molar-refractivity contribution in [2.75, 3.05) is 18.4 Å². The fraction of sp³-hybridized carbons (Fsp3) is 0.250. The minimum Gasteiger partial charge on any atom is -0.481 e. The Kier molecular flexibility index (Phi) is 5.47. The maximum atomic E-state index is 12.8. The number of carbonyl (C=O) groups excluding carboxylic acids is 2. The van der Waals surface area contributed by atoms with E-state index in [0.29, 0.717) is 17.0 Å². The largest absolute Gasteiger partial charge is 0.481 e. The highest BCUT2D eigenvalue weighted by Crippen LogP contribution is 2.23. The number of para-hydroxylation sites is 1. The van der Waals surface area contributed by atoms with Gasteiger partial charge in [-0.3, -0.25) is 9.59 Å². The van der Waals surface area contributed by atoms with E-state index in [-0.39, 0.29) is 11.8 Å². The number of hydrogen-bond acceptors (Lipinski definition) is 3. The molecule has 1 fully saturated rings. The van der Waals surface area contributed by atoms with E-state index in [4.69, 9.17) is 4.74 Å². The number of ether oxygens (including phenoxy) is 1. The summed E-state index contributed by atoms with van der Waals surface area (Å²) in [6, 6.07) is 20.9. The van der Waals surface area contributed by atoms with Crippen LogP contribution >= 0.6 is 0 Å². The number of nitrogens with one attached hydrogen (secondary N) is 1. The second kappa shape index (κ2) is 8.35. The van der Waals surface area contributed by atoms with Crippen LogP contribution < -0.4 is 10.1 Å². The first-order chi connectivity index (χ1) is 14.1. The van der Waals surface area contributed by atoms with Crippen LogP contribution in [0.2, 0.25) is 0 Å². The van der Waals surface area contributed by atoms with Crippen molar-refractivity contribution in [1.29, 1.82) is 0 Å². The summed E-state index contributed by atoms with van der Waals surface area (Å²) in [6.45, 7) is 3.24. The lowest BCUT2D eigenvalue weighted by Crippen LogP contribution is -2.32. The second-order valence-electron chi connectivity index (χ2n) is 7.30. The van der Waals surface area contributed by atoms with E-state index >= 15 is 0 Å². The van der Waals surface area contributed by atoms with Crippen LogP contribution in [-0.4, -0.2) is 35.9 Å². The molecule has 1 heterocycles. The Morgan fingerprint density at radius 3 is 2.41 bits per heavy atom. The van der Waals surface area contributed by atoms with E-state index in [1.165, 1.54) is 0 Å². The third-order valence-electron chi connectivity index (χ3n) is 5.21. The molecule has 1 N–H and O–H groups in total. The number of amides is 2. The predicted octanol–water partition coefficient (Wildman–Crippen LogP) is 4.48. The molecule has 0 unspecified atom stereocenters. The van der Waals surface area contributed by atoms with Crippen LogP contribution in [0.5, 0.6) is 5.75 Å². The van der Waals surface area contributed by atoms with Crippen molar-refractivity contribution in [3.05, 3.63) is 72.3 Å². The number of benzene rings is 3. The van der Waals surface area contributed by atoms with Gasteiger partial charge in [-0.25, -0.2) is 0 Å². The molecular weight excluding hydrogens is 364 g/mol. The van der Waals surface area contributed by atoms with Crippen LogP contribution in [0.15, 0.2) is 66.7 Å². The molecule has 1 aliphatic rings. The highest BCUT2D eigenvalue weighted by molar-refractivity contribution is 6.04. The molecule has 0 radical (unpaired) electrons. The van der Waals surface area contributed by atoms with E-state index in [1.807, 2.05) is 59.5 Å². The first-order valence-corrected chi connectivity index (χ1v) is 9.96. The molecule has 3 aromatic carbocycles. The second-order valence-corrected chi connectivity index (χ2v) is 7.30. The quantitative estimate of drug-likeness (QED) is 0.701. The molecule has 1 aliphatic heterocycles. The van der Waals surface area contributed by atoms with Crippen molar-refractivity contribution in [3.8, 4) is 5.75 Å². The van der Waals surface area contributed by atoms with Gasteiger partial charge in [0.2, 0.25) is 0 Å². The summed E-state index contributed by atoms with van der Waals surface area (Å²) >= 11 is 0. The topological polar surface area (TPSA) is 58.6 Å². The fourth-order valence-electron chi connectivity index (χ4n) is 3.60. The van der Waals surface area contributed by atoms with E-state index in [2.05, 4.69) is 5.32 Å². The molecule has 5 heteroatoms. The van der Waals surface area contributed by atoms with E-state index in [9.17, 15) is 9.59 Å². The van der Waals surface area contributed by atoms with E-state index < -0.39 is 6.10 Å². The van der Waals surface area contributed by atoms with Gasteiger partial charge in [0.25, 0.3) is 11.8 Å². The van der Waals surface area contributed by atoms with Gasteiger partial charge in [-0.1, -0.05) is 42.5 Å². The van der Waals surface area contributed by atoms with Crippen LogP contribution in [-0.2, 0) is 4.79 Å². The first-order valence-electron chi connectivity index (χ1n) is 9.96. The van der Waals surface area contributed by atoms with Gasteiger partial charge in [0.05, 0.1) is 11.3 Å². The molecule has 0 aliphatic carbocycles. The normalized spacial score (nSPS) is 14.6. The summed E-state index contributed by atoms with van der Waals surface area (Å²) in [6.07, 6.45) is 1.35. The van der Waals surface area contributed by atoms with E-state index in [0.717, 1.165) is 36.7 Å². The molecule has 0 bridgehead atoms. The zero-order valence-corrected chi connectivity index (χ0v) is 16.4. The van der Waals surface area contributed by atoms with Gasteiger partial charge < -0.3 is 15.0 Å². The number of rotatable bonds is 5. The van der Waals surface area contributed by atoms with Crippen molar-refractivity contribution in [3.63, 3.8) is 0 Å². The number of hydrogen-bond donors (Lipinski definition) is 1. The molecule has 5 nitrogen and oxygen atoms in total. The maximum Gasteiger partial charge on any atom is 0.265 e. The van der Waals surface area contributed by atoms with Gasteiger partial charge in [0.1, 0.15) is 5.75 Å². The van der Waals surface area contributed by atoms with Crippen LogP contribution in [0.3, 0.4) is 0 Å². The van der Waals surface area contributed by atoms with Gasteiger partial charge in [-0.2, -0.15) is 0 Å². The molecule has 3 aromatic rings. The maximum absolute atomic E-state index is 12.8. The molecule has 0 saturated carbocycles. The monoisotopic (exact) mass is 388 g/mol. The van der Waals surface area contributed by atoms with Crippen molar-refractivity contribution in [2.24, 2.45) is 0 Å². The highest BCUT2D eigenvalue weighted by atomic mass is 16.5. The van der Waals surface area contributed by atoms with Crippen LogP contribution in [0.25, 0.3) is 10.8 Å². The standard InChI is InChI=1S/C24H24N2O3/c1-17(29-20-13-12-18-8-2-3-9-19(18)16-20)23(27)25-22-11-5-4-10-21(22)24(28)26-14-6-7-15-26/h2-5,8-13,16-17H,6-7,14-15H2,1H3,(H,25,27)/t17-/m0/s1. The van der Waals surface area contributed by atoms with Gasteiger partial charge in [-0.05, 0) is 54.8 Å². The summed E-state index contributed by atoms with van der Waals surface area (Å²) in [5, 5.41) is 5.03. The van der Waals surface area contributed by atoms with Crippen LogP contribution in [0, 0.1) is 0 Å². The van der Waals surface area contributed by atoms with Gasteiger partial charge >= 0.3 is 0 Å². The molecule has 2 amide bonds. The summed E-state index contributed by atoms with van der Waals surface area (Å²) in [7, 11) is 0. The van der Waals surface area contributed by atoms with Crippen LogP contribution in [0.4, 0.5) is 5.69 Å². The van der Waals surface area contributed by atoms with Crippen molar-refractivity contribution in [1.82, 2.24) is 4.90 Å². The van der Waals surface area contributed by atoms with Crippen molar-refractivity contribution in [2.45, 2.75) is 25.9 Å². The smallest absolute Gasteiger partial charge is 0.265 e. The molecule has 29 heavy (non-hydrogen) atoms. The number of fused-ring (bicyclic) bond motifs is 1. The number of likely N-dealkylation sites (tertiary alicyclic amines) is 1. The summed E-state index contributed by atoms with van der Waals surface area (Å²) in [5.41, 5.74) is 1.03. The SMILES string of the molecule is C[C@H](Oc1ccc2ccccc2c1)C(=O)Nc1ccccc1C(=O)N1CCCC1. The Bertz CT molecular complexity index is 1040. The molecule has 1 atom stereocenters. The van der Waals surface area contributed by atoms with E-state index in [1.54, 1.807) is 19.1 Å². The summed E-state index contributed by atoms with van der Waals surface area (Å²) in [5.74, 6) is 0.300. The molecule has 1 saturated heterocycles. The third-order valence-corrected chi connectivity index (χ3v) is 5.21. The Hall–Kier alpha value is -3.34. The highest BCUT2D eigenvalue weighted by Gasteiger charge is 2.23. The predicted molar refractivity (Wildman–Crippen MR) is 114 cm³/mol. The molecule has 4 rings (SSSR count). The Labute approximate surface area is 170 Å². The average Bonchev–Trinajstić information content (AvgIpc) is 3.28. The molecule has 148 valence electrons. The lowest BCUT2D eigenvalue weighted by Gasteiger charge is -2.19. The summed E-state index contributed by atoms with van der Waals surface area (Å²) < 4.78 is 5.85. The molecule has 0 aromatic heterocycles. The Morgan fingerprint density at radius 1 is 0.931 bits per heavy atom. The minimum atomic E-state index is -0.703. The Morgan fingerprint density at radius 2 is 1.62 bits per heavy atom. The zero-order valence-electron chi connectivity index (χ0n) is 16.4. The summed E-state index contributed by atoms with van der Waals surface area (Å²) in [4.78, 5) is 27.3.